The molecule has 0 spiro atoms. The SMILES string of the molecule is CC.Cc1nc2ccccc2s1.S=c1[nH]c2ccccc2s1. The number of H-pyrrole nitrogens is 1. The van der Waals surface area contributed by atoms with Gasteiger partial charge in [-0.3, -0.25) is 0 Å². The lowest BCUT2D eigenvalue weighted by molar-refractivity contribution is 1.35. The molecule has 0 amide bonds. The number of aryl methyl sites for hydroxylation is 1. The lowest BCUT2D eigenvalue weighted by atomic mass is 10.3. The molecule has 2 nitrogen and oxygen atoms in total. The van der Waals surface area contributed by atoms with Gasteiger partial charge < -0.3 is 4.98 Å². The smallest absolute Gasteiger partial charge is 0.159 e. The molecule has 1 N–H and O–H groups in total. The highest BCUT2D eigenvalue weighted by Crippen LogP contribution is 2.20. The summed E-state index contributed by atoms with van der Waals surface area (Å²) in [6.45, 7) is 6.03. The second kappa shape index (κ2) is 8.17. The zero-order valence-corrected chi connectivity index (χ0v) is 15.2. The number of nitrogens with zero attached hydrogens (tertiary/aromatic N) is 1. The van der Waals surface area contributed by atoms with E-state index in [0.717, 1.165) is 20.0 Å². The van der Waals surface area contributed by atoms with E-state index < -0.39 is 0 Å². The van der Waals surface area contributed by atoms with Crippen LogP contribution in [0, 0.1) is 10.9 Å². The van der Waals surface area contributed by atoms with Crippen molar-refractivity contribution in [1.29, 1.82) is 0 Å². The molecule has 0 saturated heterocycles. The molecule has 0 atom stereocenters. The topological polar surface area (TPSA) is 28.7 Å². The first-order chi connectivity index (χ1) is 10.7. The van der Waals surface area contributed by atoms with Crippen LogP contribution in [0.15, 0.2) is 48.5 Å². The van der Waals surface area contributed by atoms with Crippen molar-refractivity contribution in [3.63, 3.8) is 0 Å². The lowest BCUT2D eigenvalue weighted by Gasteiger charge is -1.81. The van der Waals surface area contributed by atoms with E-state index in [2.05, 4.69) is 22.1 Å². The van der Waals surface area contributed by atoms with Gasteiger partial charge in [0.25, 0.3) is 0 Å². The van der Waals surface area contributed by atoms with Gasteiger partial charge in [-0.25, -0.2) is 4.98 Å². The third-order valence-electron chi connectivity index (χ3n) is 2.73. The minimum Gasteiger partial charge on any atom is -0.337 e. The second-order valence-electron chi connectivity index (χ2n) is 4.21. The molecule has 22 heavy (non-hydrogen) atoms. The molecule has 2 heterocycles. The molecular formula is C17H18N2S3. The maximum Gasteiger partial charge on any atom is 0.159 e. The van der Waals surface area contributed by atoms with Crippen molar-refractivity contribution in [1.82, 2.24) is 9.97 Å². The molecule has 0 bridgehead atoms. The van der Waals surface area contributed by atoms with Crippen LogP contribution in [0.4, 0.5) is 0 Å². The van der Waals surface area contributed by atoms with Crippen LogP contribution >= 0.6 is 34.9 Å². The number of hydrogen-bond acceptors (Lipinski definition) is 4. The van der Waals surface area contributed by atoms with Crippen molar-refractivity contribution in [2.75, 3.05) is 0 Å². The van der Waals surface area contributed by atoms with E-state index in [-0.39, 0.29) is 0 Å². The normalized spacial score (nSPS) is 9.77. The lowest BCUT2D eigenvalue weighted by Crippen LogP contribution is -1.65. The predicted molar refractivity (Wildman–Crippen MR) is 103 cm³/mol. The first-order valence-corrected chi connectivity index (χ1v) is 9.16. The molecular weight excluding hydrogens is 328 g/mol. The minimum atomic E-state index is 0.848. The molecule has 0 unspecified atom stereocenters. The van der Waals surface area contributed by atoms with Gasteiger partial charge in [-0.05, 0) is 43.4 Å². The number of aromatic nitrogens is 2. The summed E-state index contributed by atoms with van der Waals surface area (Å²) in [5, 5.41) is 1.14. The first kappa shape index (κ1) is 16.8. The quantitative estimate of drug-likeness (QED) is 0.364. The van der Waals surface area contributed by atoms with Crippen LogP contribution in [0.3, 0.4) is 0 Å². The number of rotatable bonds is 0. The number of para-hydroxylation sites is 2. The van der Waals surface area contributed by atoms with Crippen LogP contribution < -0.4 is 0 Å². The molecule has 4 aromatic rings. The molecule has 0 aliphatic heterocycles. The zero-order valence-electron chi connectivity index (χ0n) is 12.8. The van der Waals surface area contributed by atoms with E-state index in [9.17, 15) is 0 Å². The standard InChI is InChI=1S/C8H7NS.C7H5NS2.C2H6/c1-6-9-7-4-2-3-5-8(7)10-6;9-7-8-5-3-1-2-4-6(5)10-7;1-2/h2-5H,1H3;1-4H,(H,8,9);1-2H3. The predicted octanol–water partition coefficient (Wildman–Crippen LogP) is 6.59. The Morgan fingerprint density at radius 2 is 1.55 bits per heavy atom. The minimum absolute atomic E-state index is 0.848. The van der Waals surface area contributed by atoms with Gasteiger partial charge in [0, 0.05) is 0 Å². The Morgan fingerprint density at radius 1 is 0.909 bits per heavy atom. The van der Waals surface area contributed by atoms with Crippen molar-refractivity contribution in [2.24, 2.45) is 0 Å². The molecule has 114 valence electrons. The Labute approximate surface area is 143 Å². The average Bonchev–Trinajstić information content (AvgIpc) is 3.10. The fraction of sp³-hybridized carbons (Fsp3) is 0.176. The zero-order chi connectivity index (χ0) is 15.9. The van der Waals surface area contributed by atoms with Gasteiger partial charge in [-0.2, -0.15) is 0 Å². The third-order valence-corrected chi connectivity index (χ3v) is 4.89. The van der Waals surface area contributed by atoms with E-state index in [1.807, 2.05) is 57.2 Å². The van der Waals surface area contributed by atoms with Crippen LogP contribution in [-0.2, 0) is 0 Å². The average molecular weight is 347 g/mol. The highest BCUT2D eigenvalue weighted by molar-refractivity contribution is 7.73. The van der Waals surface area contributed by atoms with Crippen LogP contribution in [0.2, 0.25) is 0 Å². The van der Waals surface area contributed by atoms with Crippen LogP contribution in [0.25, 0.3) is 20.4 Å². The first-order valence-electron chi connectivity index (χ1n) is 7.12. The highest BCUT2D eigenvalue weighted by Gasteiger charge is 1.95. The summed E-state index contributed by atoms with van der Waals surface area (Å²) in [6.07, 6.45) is 0. The number of nitrogens with one attached hydrogen (secondary N) is 1. The van der Waals surface area contributed by atoms with Gasteiger partial charge in [0.15, 0.2) is 3.95 Å². The van der Waals surface area contributed by atoms with E-state index in [1.165, 1.54) is 9.40 Å². The molecule has 0 aliphatic rings. The van der Waals surface area contributed by atoms with Gasteiger partial charge in [0.1, 0.15) is 0 Å². The Morgan fingerprint density at radius 3 is 2.23 bits per heavy atom. The Bertz CT molecular complexity index is 833. The molecule has 0 aliphatic carbocycles. The van der Waals surface area contributed by atoms with Gasteiger partial charge in [0.2, 0.25) is 0 Å². The van der Waals surface area contributed by atoms with E-state index >= 15 is 0 Å². The number of hydrogen-bond donors (Lipinski definition) is 1. The fourth-order valence-electron chi connectivity index (χ4n) is 1.88. The Hall–Kier alpha value is -1.56. The van der Waals surface area contributed by atoms with Crippen molar-refractivity contribution in [3.8, 4) is 0 Å². The Balaban J connectivity index is 0.000000144. The number of fused-ring (bicyclic) bond motifs is 2. The van der Waals surface area contributed by atoms with Crippen LogP contribution in [0.5, 0.6) is 0 Å². The fourth-order valence-corrected chi connectivity index (χ4v) is 3.82. The van der Waals surface area contributed by atoms with E-state index in [0.29, 0.717) is 0 Å². The largest absolute Gasteiger partial charge is 0.337 e. The number of benzene rings is 2. The summed E-state index contributed by atoms with van der Waals surface area (Å²) in [4.78, 5) is 7.42. The van der Waals surface area contributed by atoms with Crippen molar-refractivity contribution in [2.45, 2.75) is 20.8 Å². The van der Waals surface area contributed by atoms with Crippen molar-refractivity contribution >= 4 is 55.3 Å². The molecule has 5 heteroatoms. The maximum absolute atomic E-state index is 4.98. The number of aromatic amines is 1. The molecule has 0 fully saturated rings. The van der Waals surface area contributed by atoms with Crippen LogP contribution in [0.1, 0.15) is 18.9 Å². The summed E-state index contributed by atoms with van der Waals surface area (Å²) >= 11 is 8.33. The summed E-state index contributed by atoms with van der Waals surface area (Å²) in [5.41, 5.74) is 2.25. The highest BCUT2D eigenvalue weighted by atomic mass is 32.1. The van der Waals surface area contributed by atoms with Gasteiger partial charge in [-0.1, -0.05) is 38.1 Å². The second-order valence-corrected chi connectivity index (χ2v) is 7.16. The molecule has 4 rings (SSSR count). The molecule has 0 radical (unpaired) electrons. The monoisotopic (exact) mass is 346 g/mol. The van der Waals surface area contributed by atoms with Crippen LogP contribution in [-0.4, -0.2) is 9.97 Å². The molecule has 0 saturated carbocycles. The summed E-state index contributed by atoms with van der Waals surface area (Å²) in [7, 11) is 0. The van der Waals surface area contributed by atoms with Gasteiger partial charge in [-0.15, -0.1) is 22.7 Å². The molecule has 2 aromatic heterocycles. The number of thiazole rings is 2. The summed E-state index contributed by atoms with van der Waals surface area (Å²) < 4.78 is 3.36. The van der Waals surface area contributed by atoms with Gasteiger partial charge in [0.05, 0.1) is 25.4 Å². The van der Waals surface area contributed by atoms with E-state index in [4.69, 9.17) is 12.2 Å². The van der Waals surface area contributed by atoms with Crippen molar-refractivity contribution < 1.29 is 0 Å². The maximum atomic E-state index is 4.98. The van der Waals surface area contributed by atoms with Gasteiger partial charge >= 0.3 is 0 Å². The Kier molecular flexibility index (Phi) is 6.24. The third kappa shape index (κ3) is 4.22. The molecule has 2 aromatic carbocycles. The van der Waals surface area contributed by atoms with Crippen molar-refractivity contribution in [3.05, 3.63) is 57.5 Å². The summed E-state index contributed by atoms with van der Waals surface area (Å²) in [6, 6.07) is 16.3. The van der Waals surface area contributed by atoms with E-state index in [1.54, 1.807) is 22.7 Å². The summed E-state index contributed by atoms with van der Waals surface area (Å²) in [5.74, 6) is 0.